The van der Waals surface area contributed by atoms with E-state index in [4.69, 9.17) is 14.2 Å². The van der Waals surface area contributed by atoms with Crippen molar-refractivity contribution in [3.8, 4) is 0 Å². The molecule has 0 fully saturated rings. The third-order valence-corrected chi connectivity index (χ3v) is 12.2. The van der Waals surface area contributed by atoms with Crippen molar-refractivity contribution in [1.82, 2.24) is 0 Å². The Balaban J connectivity index is 4.57. The molecule has 430 valence electrons. The van der Waals surface area contributed by atoms with Crippen LogP contribution in [0.1, 0.15) is 239 Å². The fourth-order valence-electron chi connectivity index (χ4n) is 7.65. The monoisotopic (exact) mass is 1060 g/mol. The lowest BCUT2D eigenvalue weighted by atomic mass is 10.1. The fraction of sp³-hybridized carbons (Fsp3) is 0.563. The molecule has 0 saturated carbocycles. The maximum atomic E-state index is 12.9. The molecule has 6 nitrogen and oxygen atoms in total. The average Bonchev–Trinajstić information content (AvgIpc) is 3.43. The van der Waals surface area contributed by atoms with E-state index in [-0.39, 0.29) is 37.5 Å². The van der Waals surface area contributed by atoms with Crippen molar-refractivity contribution in [2.24, 2.45) is 0 Å². The molecule has 0 spiro atoms. The second-order valence-corrected chi connectivity index (χ2v) is 19.5. The topological polar surface area (TPSA) is 78.9 Å². The lowest BCUT2D eigenvalue weighted by molar-refractivity contribution is -0.167. The first-order chi connectivity index (χ1) is 38.0. The molecule has 0 aromatic rings. The van der Waals surface area contributed by atoms with Gasteiger partial charge in [0.05, 0.1) is 0 Å². The summed E-state index contributed by atoms with van der Waals surface area (Å²) < 4.78 is 16.8. The zero-order valence-corrected chi connectivity index (χ0v) is 49.1. The van der Waals surface area contributed by atoms with Gasteiger partial charge in [0.25, 0.3) is 0 Å². The van der Waals surface area contributed by atoms with E-state index in [0.717, 1.165) is 167 Å². The number of hydrogen-bond acceptors (Lipinski definition) is 6. The van der Waals surface area contributed by atoms with Crippen molar-refractivity contribution in [1.29, 1.82) is 0 Å². The standard InChI is InChI=1S/C71H110O6/c1-4-7-10-13-16-19-22-25-28-30-32-34-35-37-38-40-43-46-49-52-55-58-61-64-70(73)76-67-68(66-75-69(72)63-60-57-54-51-48-45-42-27-24-21-18-15-12-9-6-3)77-71(74)65-62-59-56-53-50-47-44-41-39-36-33-31-29-26-23-20-17-14-11-8-5-2/h7-8,10-11,16-21,25-29,32-34,36-38,41-44,46,50,53,68H,4-6,9,12-15,22-24,30-31,35,39-40,45,47-49,51-52,54-67H2,1-3H3/b10-7-,11-8-,19-16-,20-17-,21-18-,28-25-,29-26-,34-32-,36-33-,38-37-,42-27-,44-41-,46-43-,53-50-. The fourth-order valence-corrected chi connectivity index (χ4v) is 7.65. The second-order valence-electron chi connectivity index (χ2n) is 19.5. The van der Waals surface area contributed by atoms with Gasteiger partial charge in [-0.05, 0) is 154 Å². The molecule has 0 rings (SSSR count). The van der Waals surface area contributed by atoms with Crippen LogP contribution in [0.2, 0.25) is 0 Å². The van der Waals surface area contributed by atoms with Crippen LogP contribution in [0.3, 0.4) is 0 Å². The first kappa shape index (κ1) is 71.8. The van der Waals surface area contributed by atoms with E-state index in [1.165, 1.54) is 25.7 Å². The maximum Gasteiger partial charge on any atom is 0.306 e. The quantitative estimate of drug-likeness (QED) is 0.0261. The molecule has 0 heterocycles. The Morgan fingerprint density at radius 2 is 0.506 bits per heavy atom. The highest BCUT2D eigenvalue weighted by Crippen LogP contribution is 2.12. The summed E-state index contributed by atoms with van der Waals surface area (Å²) in [6, 6.07) is 0. The van der Waals surface area contributed by atoms with E-state index in [1.807, 2.05) is 0 Å². The highest BCUT2D eigenvalue weighted by atomic mass is 16.6. The van der Waals surface area contributed by atoms with Crippen molar-refractivity contribution < 1.29 is 28.6 Å². The van der Waals surface area contributed by atoms with Gasteiger partial charge in [0.2, 0.25) is 0 Å². The summed E-state index contributed by atoms with van der Waals surface area (Å²) in [7, 11) is 0. The van der Waals surface area contributed by atoms with Crippen molar-refractivity contribution in [3.63, 3.8) is 0 Å². The number of hydrogen-bond donors (Lipinski definition) is 0. The highest BCUT2D eigenvalue weighted by Gasteiger charge is 2.19. The number of allylic oxidation sites excluding steroid dienone is 28. The van der Waals surface area contributed by atoms with Gasteiger partial charge >= 0.3 is 17.9 Å². The normalized spacial score (nSPS) is 13.3. The number of rotatable bonds is 53. The molecule has 6 heteroatoms. The first-order valence-corrected chi connectivity index (χ1v) is 30.6. The van der Waals surface area contributed by atoms with Crippen LogP contribution < -0.4 is 0 Å². The predicted octanol–water partition coefficient (Wildman–Crippen LogP) is 21.1. The lowest BCUT2D eigenvalue weighted by Gasteiger charge is -2.18. The first-order valence-electron chi connectivity index (χ1n) is 30.6. The Kier molecular flexibility index (Phi) is 59.0. The summed E-state index contributed by atoms with van der Waals surface area (Å²) >= 11 is 0. The van der Waals surface area contributed by atoms with Crippen LogP contribution in [0.25, 0.3) is 0 Å². The van der Waals surface area contributed by atoms with Crippen molar-refractivity contribution in [2.75, 3.05) is 13.2 Å². The summed E-state index contributed by atoms with van der Waals surface area (Å²) in [5.41, 5.74) is 0. The van der Waals surface area contributed by atoms with Gasteiger partial charge in [0.15, 0.2) is 6.10 Å². The summed E-state index contributed by atoms with van der Waals surface area (Å²) in [6.45, 7) is 6.30. The van der Waals surface area contributed by atoms with Gasteiger partial charge in [0, 0.05) is 19.3 Å². The van der Waals surface area contributed by atoms with Crippen molar-refractivity contribution in [2.45, 2.75) is 245 Å². The van der Waals surface area contributed by atoms with Crippen LogP contribution in [-0.2, 0) is 28.6 Å². The van der Waals surface area contributed by atoms with E-state index >= 15 is 0 Å². The van der Waals surface area contributed by atoms with Gasteiger partial charge in [-0.15, -0.1) is 0 Å². The molecule has 0 amide bonds. The van der Waals surface area contributed by atoms with Crippen LogP contribution in [0.5, 0.6) is 0 Å². The third kappa shape index (κ3) is 61.5. The van der Waals surface area contributed by atoms with E-state index < -0.39 is 6.10 Å². The Morgan fingerprint density at radius 3 is 0.818 bits per heavy atom. The molecule has 0 N–H and O–H groups in total. The van der Waals surface area contributed by atoms with Crippen molar-refractivity contribution >= 4 is 17.9 Å². The minimum atomic E-state index is -0.829. The molecular weight excluding hydrogens is 949 g/mol. The minimum Gasteiger partial charge on any atom is -0.462 e. The Labute approximate surface area is 472 Å². The van der Waals surface area contributed by atoms with Crippen LogP contribution in [-0.4, -0.2) is 37.2 Å². The van der Waals surface area contributed by atoms with Crippen LogP contribution in [0, 0.1) is 0 Å². The van der Waals surface area contributed by atoms with Crippen molar-refractivity contribution in [3.05, 3.63) is 170 Å². The summed E-state index contributed by atoms with van der Waals surface area (Å²) in [5.74, 6) is -1.01. The van der Waals surface area contributed by atoms with Crippen LogP contribution in [0.15, 0.2) is 170 Å². The second kappa shape index (κ2) is 63.3. The minimum absolute atomic E-state index is 0.120. The molecule has 1 atom stereocenters. The number of unbranched alkanes of at least 4 members (excludes halogenated alkanes) is 14. The van der Waals surface area contributed by atoms with Gasteiger partial charge in [0.1, 0.15) is 13.2 Å². The predicted molar refractivity (Wildman–Crippen MR) is 334 cm³/mol. The molecule has 1 unspecified atom stereocenters. The van der Waals surface area contributed by atoms with Crippen LogP contribution in [0.4, 0.5) is 0 Å². The Hall–Kier alpha value is -5.23. The van der Waals surface area contributed by atoms with E-state index in [9.17, 15) is 14.4 Å². The molecule has 0 aliphatic heterocycles. The number of carbonyl (C=O) groups excluding carboxylic acids is 3. The molecule has 0 aliphatic carbocycles. The molecule has 0 bridgehead atoms. The highest BCUT2D eigenvalue weighted by molar-refractivity contribution is 5.71. The van der Waals surface area contributed by atoms with Gasteiger partial charge < -0.3 is 14.2 Å². The maximum absolute atomic E-state index is 12.9. The van der Waals surface area contributed by atoms with Gasteiger partial charge in [-0.3, -0.25) is 14.4 Å². The Bertz CT molecular complexity index is 1790. The number of carbonyl (C=O) groups is 3. The van der Waals surface area contributed by atoms with E-state index in [2.05, 4.69) is 191 Å². The average molecular weight is 1060 g/mol. The molecule has 0 saturated heterocycles. The smallest absolute Gasteiger partial charge is 0.306 e. The molecule has 0 aromatic carbocycles. The summed E-state index contributed by atoms with van der Waals surface area (Å²) in [4.78, 5) is 38.3. The molecule has 77 heavy (non-hydrogen) atoms. The lowest BCUT2D eigenvalue weighted by Crippen LogP contribution is -2.30. The molecular formula is C71H110O6. The number of ether oxygens (including phenoxy) is 3. The van der Waals surface area contributed by atoms with Crippen LogP contribution >= 0.6 is 0 Å². The summed E-state index contributed by atoms with van der Waals surface area (Å²) in [5, 5.41) is 0. The van der Waals surface area contributed by atoms with Gasteiger partial charge in [-0.1, -0.05) is 236 Å². The largest absolute Gasteiger partial charge is 0.462 e. The van der Waals surface area contributed by atoms with E-state index in [0.29, 0.717) is 19.3 Å². The zero-order chi connectivity index (χ0) is 55.7. The van der Waals surface area contributed by atoms with Gasteiger partial charge in [-0.2, -0.15) is 0 Å². The van der Waals surface area contributed by atoms with Gasteiger partial charge in [-0.25, -0.2) is 0 Å². The molecule has 0 aliphatic rings. The molecule has 0 radical (unpaired) electrons. The number of esters is 3. The zero-order valence-electron chi connectivity index (χ0n) is 49.1. The summed E-state index contributed by atoms with van der Waals surface area (Å²) in [6.07, 6.45) is 93.4. The SMILES string of the molecule is CC/C=C\C/C=C\C/C=C\C/C=C\C/C=C\C/C=C\CCCCCCC(=O)OCC(COC(=O)CCCCCCC/C=C\C/C=C\CCCCC)OC(=O)CCCC/C=C\C/C=C\C/C=C\C/C=C\C/C=C\C/C=C\CC. The molecule has 0 aromatic heterocycles. The third-order valence-electron chi connectivity index (χ3n) is 12.2. The Morgan fingerprint density at radius 1 is 0.273 bits per heavy atom. The van der Waals surface area contributed by atoms with E-state index in [1.54, 1.807) is 0 Å².